The fourth-order valence-electron chi connectivity index (χ4n) is 3.83. The Hall–Kier alpha value is -3.43. The second kappa shape index (κ2) is 9.60. The Kier molecular flexibility index (Phi) is 6.62. The smallest absolute Gasteiger partial charge is 0.416 e. The maximum Gasteiger partial charge on any atom is 0.416 e. The summed E-state index contributed by atoms with van der Waals surface area (Å²) < 4.78 is 43.5. The predicted molar refractivity (Wildman–Crippen MR) is 121 cm³/mol. The Morgan fingerprint density at radius 3 is 2.24 bits per heavy atom. The van der Waals surface area contributed by atoms with Crippen molar-refractivity contribution < 1.29 is 22.7 Å². The first-order valence-electron chi connectivity index (χ1n) is 10.3. The molecule has 1 aliphatic carbocycles. The molecule has 0 aliphatic heterocycles. The highest BCUT2D eigenvalue weighted by molar-refractivity contribution is 6.31. The van der Waals surface area contributed by atoms with Crippen LogP contribution < -0.4 is 5.32 Å². The molecule has 0 heterocycles. The van der Waals surface area contributed by atoms with Crippen LogP contribution in [-0.2, 0) is 10.9 Å². The highest BCUT2D eigenvalue weighted by Crippen LogP contribution is 2.44. The van der Waals surface area contributed by atoms with E-state index in [0.29, 0.717) is 12.0 Å². The number of amides is 1. The molecule has 168 valence electrons. The summed E-state index contributed by atoms with van der Waals surface area (Å²) in [5.74, 6) is 5.49. The van der Waals surface area contributed by atoms with Gasteiger partial charge in [0.1, 0.15) is 6.61 Å². The quantitative estimate of drug-likeness (QED) is 0.343. The third-order valence-electron chi connectivity index (χ3n) is 5.38. The SMILES string of the molecule is O=C(NCCC#Cc1ccc(C(F)(F)F)cc1Cl)OCC1c2ccccc2-c2ccccc21. The Morgan fingerprint density at radius 2 is 1.64 bits per heavy atom. The van der Waals surface area contributed by atoms with Crippen molar-refractivity contribution >= 4 is 17.7 Å². The van der Waals surface area contributed by atoms with Crippen molar-refractivity contribution in [3.8, 4) is 23.0 Å². The van der Waals surface area contributed by atoms with Crippen LogP contribution in [0, 0.1) is 11.8 Å². The monoisotopic (exact) mass is 469 g/mol. The van der Waals surface area contributed by atoms with Gasteiger partial charge in [-0.2, -0.15) is 13.2 Å². The molecule has 1 N–H and O–H groups in total. The molecule has 4 rings (SSSR count). The topological polar surface area (TPSA) is 38.3 Å². The van der Waals surface area contributed by atoms with Crippen molar-refractivity contribution in [2.75, 3.05) is 13.2 Å². The lowest BCUT2D eigenvalue weighted by Crippen LogP contribution is -2.26. The van der Waals surface area contributed by atoms with E-state index in [2.05, 4.69) is 29.3 Å². The van der Waals surface area contributed by atoms with E-state index in [1.807, 2.05) is 36.4 Å². The molecule has 7 heteroatoms. The van der Waals surface area contributed by atoms with Crippen molar-refractivity contribution in [2.24, 2.45) is 0 Å². The number of carbonyl (C=O) groups is 1. The lowest BCUT2D eigenvalue weighted by atomic mass is 9.98. The molecule has 1 aliphatic rings. The van der Waals surface area contributed by atoms with E-state index in [1.54, 1.807) is 0 Å². The van der Waals surface area contributed by atoms with Gasteiger partial charge in [0, 0.05) is 24.4 Å². The van der Waals surface area contributed by atoms with Crippen molar-refractivity contribution in [3.63, 3.8) is 0 Å². The van der Waals surface area contributed by atoms with Gasteiger partial charge in [-0.05, 0) is 40.5 Å². The van der Waals surface area contributed by atoms with Crippen LogP contribution in [0.2, 0.25) is 5.02 Å². The number of benzene rings is 3. The zero-order chi connectivity index (χ0) is 23.4. The Labute approximate surface area is 194 Å². The zero-order valence-electron chi connectivity index (χ0n) is 17.4. The molecule has 33 heavy (non-hydrogen) atoms. The summed E-state index contributed by atoms with van der Waals surface area (Å²) in [7, 11) is 0. The minimum absolute atomic E-state index is 0.0234. The van der Waals surface area contributed by atoms with Gasteiger partial charge in [-0.15, -0.1) is 0 Å². The number of hydrogen-bond donors (Lipinski definition) is 1. The number of fused-ring (bicyclic) bond motifs is 3. The van der Waals surface area contributed by atoms with E-state index in [4.69, 9.17) is 16.3 Å². The summed E-state index contributed by atoms with van der Waals surface area (Å²) in [4.78, 5) is 12.1. The molecular weight excluding hydrogens is 451 g/mol. The molecule has 0 saturated heterocycles. The van der Waals surface area contributed by atoms with E-state index >= 15 is 0 Å². The summed E-state index contributed by atoms with van der Waals surface area (Å²) >= 11 is 5.88. The number of carbonyl (C=O) groups excluding carboxylic acids is 1. The van der Waals surface area contributed by atoms with Crippen LogP contribution in [0.5, 0.6) is 0 Å². The second-order valence-electron chi connectivity index (χ2n) is 7.50. The van der Waals surface area contributed by atoms with Crippen molar-refractivity contribution in [3.05, 3.63) is 94.0 Å². The molecule has 0 fully saturated rings. The number of halogens is 4. The predicted octanol–water partition coefficient (Wildman–Crippen LogP) is 6.64. The summed E-state index contributed by atoms with van der Waals surface area (Å²) in [5.41, 5.74) is 4.04. The van der Waals surface area contributed by atoms with Crippen molar-refractivity contribution in [1.82, 2.24) is 5.32 Å². The Morgan fingerprint density at radius 1 is 1.00 bits per heavy atom. The lowest BCUT2D eigenvalue weighted by molar-refractivity contribution is -0.137. The average Bonchev–Trinajstić information content (AvgIpc) is 3.11. The van der Waals surface area contributed by atoms with Gasteiger partial charge in [0.25, 0.3) is 0 Å². The molecule has 0 radical (unpaired) electrons. The highest BCUT2D eigenvalue weighted by Gasteiger charge is 2.31. The van der Waals surface area contributed by atoms with Crippen LogP contribution >= 0.6 is 11.6 Å². The highest BCUT2D eigenvalue weighted by atomic mass is 35.5. The maximum absolute atomic E-state index is 12.7. The number of rotatable bonds is 4. The van der Waals surface area contributed by atoms with Gasteiger partial charge < -0.3 is 10.1 Å². The molecule has 0 aromatic heterocycles. The van der Waals surface area contributed by atoms with Gasteiger partial charge in [-0.25, -0.2) is 4.79 Å². The lowest BCUT2D eigenvalue weighted by Gasteiger charge is -2.14. The molecule has 1 amide bonds. The van der Waals surface area contributed by atoms with Crippen LogP contribution in [0.15, 0.2) is 66.7 Å². The van der Waals surface area contributed by atoms with Gasteiger partial charge >= 0.3 is 12.3 Å². The first-order valence-corrected chi connectivity index (χ1v) is 10.7. The van der Waals surface area contributed by atoms with Gasteiger partial charge in [0.05, 0.1) is 10.6 Å². The fourth-order valence-corrected chi connectivity index (χ4v) is 4.05. The normalized spacial score (nSPS) is 12.4. The minimum Gasteiger partial charge on any atom is -0.449 e. The summed E-state index contributed by atoms with van der Waals surface area (Å²) in [6.07, 6.45) is -4.71. The van der Waals surface area contributed by atoms with E-state index < -0.39 is 17.8 Å². The number of nitrogens with one attached hydrogen (secondary N) is 1. The van der Waals surface area contributed by atoms with Gasteiger partial charge in [0.15, 0.2) is 0 Å². The van der Waals surface area contributed by atoms with Crippen LogP contribution in [0.3, 0.4) is 0 Å². The molecule has 0 spiro atoms. The maximum atomic E-state index is 12.7. The minimum atomic E-state index is -4.46. The fraction of sp³-hybridized carbons (Fsp3) is 0.192. The molecule has 3 aromatic carbocycles. The van der Waals surface area contributed by atoms with Gasteiger partial charge in [-0.1, -0.05) is 72.0 Å². The third kappa shape index (κ3) is 5.15. The largest absolute Gasteiger partial charge is 0.449 e. The van der Waals surface area contributed by atoms with E-state index in [0.717, 1.165) is 34.4 Å². The standard InChI is InChI=1S/C26H19ClF3NO2/c27-24-15-18(26(28,29)30)13-12-17(24)7-5-6-14-31-25(32)33-16-23-21-10-3-1-8-19(21)20-9-2-4-11-22(20)23/h1-4,8-13,15,23H,6,14,16H2,(H,31,32). The molecular formula is C26H19ClF3NO2. The summed E-state index contributed by atoms with van der Waals surface area (Å²) in [5, 5.41) is 2.57. The Balaban J connectivity index is 1.28. The van der Waals surface area contributed by atoms with E-state index in [9.17, 15) is 18.0 Å². The Bertz CT molecular complexity index is 1200. The molecule has 0 atom stereocenters. The molecule has 0 unspecified atom stereocenters. The van der Waals surface area contributed by atoms with Crippen LogP contribution in [0.4, 0.5) is 18.0 Å². The molecule has 0 bridgehead atoms. The van der Waals surface area contributed by atoms with Crippen molar-refractivity contribution in [1.29, 1.82) is 0 Å². The third-order valence-corrected chi connectivity index (χ3v) is 5.70. The van der Waals surface area contributed by atoms with Crippen LogP contribution in [0.25, 0.3) is 11.1 Å². The van der Waals surface area contributed by atoms with Crippen LogP contribution in [0.1, 0.15) is 34.6 Å². The van der Waals surface area contributed by atoms with E-state index in [1.165, 1.54) is 6.07 Å². The second-order valence-corrected chi connectivity index (χ2v) is 7.90. The molecule has 0 saturated carbocycles. The first-order chi connectivity index (χ1) is 15.8. The summed E-state index contributed by atoms with van der Waals surface area (Å²) in [6, 6.07) is 19.2. The van der Waals surface area contributed by atoms with Crippen LogP contribution in [-0.4, -0.2) is 19.2 Å². The van der Waals surface area contributed by atoms with Crippen molar-refractivity contribution in [2.45, 2.75) is 18.5 Å². The van der Waals surface area contributed by atoms with E-state index in [-0.39, 0.29) is 24.1 Å². The summed E-state index contributed by atoms with van der Waals surface area (Å²) in [6.45, 7) is 0.453. The number of hydrogen-bond acceptors (Lipinski definition) is 2. The number of ether oxygens (including phenoxy) is 1. The van der Waals surface area contributed by atoms with Gasteiger partial charge in [0.2, 0.25) is 0 Å². The van der Waals surface area contributed by atoms with Gasteiger partial charge in [-0.3, -0.25) is 0 Å². The first kappa shape index (κ1) is 22.8. The number of alkyl halides is 3. The molecule has 3 nitrogen and oxygen atoms in total. The number of alkyl carbamates (subject to hydrolysis) is 1. The zero-order valence-corrected chi connectivity index (χ0v) is 18.1. The average molecular weight is 470 g/mol. The molecule has 3 aromatic rings.